The lowest BCUT2D eigenvalue weighted by atomic mass is 10.1. The van der Waals surface area contributed by atoms with Crippen molar-refractivity contribution in [3.63, 3.8) is 0 Å². The van der Waals surface area contributed by atoms with Crippen LogP contribution in [0.2, 0.25) is 10.0 Å². The second-order valence-electron chi connectivity index (χ2n) is 4.01. The summed E-state index contributed by atoms with van der Waals surface area (Å²) >= 11 is 11.9. The maximum Gasteiger partial charge on any atom is 0.0598 e. The summed E-state index contributed by atoms with van der Waals surface area (Å²) in [5, 5.41) is 4.62. The summed E-state index contributed by atoms with van der Waals surface area (Å²) in [6.45, 7) is 6.32. The Morgan fingerprint density at radius 1 is 1.24 bits per heavy atom. The Labute approximate surface area is 114 Å². The Hall–Kier alpha value is -0.500. The van der Waals surface area contributed by atoms with Crippen molar-refractivity contribution in [2.24, 2.45) is 0 Å². The molecule has 0 fully saturated rings. The number of hydrogen-bond donors (Lipinski definition) is 1. The number of halogens is 2. The maximum absolute atomic E-state index is 5.99. The van der Waals surface area contributed by atoms with Crippen LogP contribution in [0.4, 0.5) is 0 Å². The van der Waals surface area contributed by atoms with Crippen LogP contribution in [0, 0.1) is 0 Å². The van der Waals surface area contributed by atoms with Crippen molar-refractivity contribution in [2.75, 3.05) is 13.1 Å². The van der Waals surface area contributed by atoms with E-state index in [4.69, 9.17) is 23.2 Å². The minimum atomic E-state index is 0.603. The molecule has 0 saturated carbocycles. The predicted molar refractivity (Wildman–Crippen MR) is 77.9 cm³/mol. The largest absolute Gasteiger partial charge is 0.313 e. The first-order valence-electron chi connectivity index (χ1n) is 6.02. The van der Waals surface area contributed by atoms with Crippen LogP contribution in [-0.2, 0) is 0 Å². The van der Waals surface area contributed by atoms with Gasteiger partial charge in [0.15, 0.2) is 0 Å². The minimum Gasteiger partial charge on any atom is -0.313 e. The molecule has 0 aliphatic rings. The van der Waals surface area contributed by atoms with E-state index in [1.54, 1.807) is 0 Å². The van der Waals surface area contributed by atoms with E-state index in [9.17, 15) is 0 Å². The highest BCUT2D eigenvalue weighted by Crippen LogP contribution is 2.23. The normalized spacial score (nSPS) is 11.9. The van der Waals surface area contributed by atoms with Gasteiger partial charge in [0.2, 0.25) is 0 Å². The van der Waals surface area contributed by atoms with Gasteiger partial charge < -0.3 is 5.32 Å². The van der Waals surface area contributed by atoms with Gasteiger partial charge >= 0.3 is 0 Å². The van der Waals surface area contributed by atoms with Crippen molar-refractivity contribution >= 4 is 29.3 Å². The van der Waals surface area contributed by atoms with Crippen LogP contribution in [0.25, 0.3) is 6.08 Å². The van der Waals surface area contributed by atoms with Crippen molar-refractivity contribution < 1.29 is 0 Å². The van der Waals surface area contributed by atoms with Gasteiger partial charge in [-0.25, -0.2) is 0 Å². The van der Waals surface area contributed by atoms with Crippen molar-refractivity contribution in [1.29, 1.82) is 0 Å². The summed E-state index contributed by atoms with van der Waals surface area (Å²) in [5.74, 6) is 0. The molecule has 0 aromatic heterocycles. The SMILES string of the molecule is CCCNCC(=Cc1ccc(Cl)c(Cl)c1)CC. The van der Waals surface area contributed by atoms with E-state index in [-0.39, 0.29) is 0 Å². The molecular weight excluding hydrogens is 253 g/mol. The summed E-state index contributed by atoms with van der Waals surface area (Å²) in [7, 11) is 0. The first-order chi connectivity index (χ1) is 8.17. The summed E-state index contributed by atoms with van der Waals surface area (Å²) in [6, 6.07) is 5.73. The minimum absolute atomic E-state index is 0.603. The van der Waals surface area contributed by atoms with Crippen LogP contribution in [-0.4, -0.2) is 13.1 Å². The van der Waals surface area contributed by atoms with Gasteiger partial charge in [-0.2, -0.15) is 0 Å². The summed E-state index contributed by atoms with van der Waals surface area (Å²) in [4.78, 5) is 0. The second-order valence-corrected chi connectivity index (χ2v) is 4.82. The van der Waals surface area contributed by atoms with Crippen LogP contribution in [0.15, 0.2) is 23.8 Å². The topological polar surface area (TPSA) is 12.0 Å². The maximum atomic E-state index is 5.99. The third-order valence-corrected chi connectivity index (χ3v) is 3.29. The fraction of sp³-hybridized carbons (Fsp3) is 0.429. The molecule has 0 radical (unpaired) electrons. The van der Waals surface area contributed by atoms with Gasteiger partial charge in [0.25, 0.3) is 0 Å². The molecule has 0 aliphatic heterocycles. The lowest BCUT2D eigenvalue weighted by Gasteiger charge is -2.07. The third kappa shape index (κ3) is 5.12. The molecule has 0 unspecified atom stereocenters. The molecular formula is C14H19Cl2N. The lowest BCUT2D eigenvalue weighted by Crippen LogP contribution is -2.17. The monoisotopic (exact) mass is 271 g/mol. The number of rotatable bonds is 6. The molecule has 0 bridgehead atoms. The molecule has 1 aromatic rings. The van der Waals surface area contributed by atoms with Crippen LogP contribution in [0.3, 0.4) is 0 Å². The first-order valence-corrected chi connectivity index (χ1v) is 6.78. The lowest BCUT2D eigenvalue weighted by molar-refractivity contribution is 0.706. The van der Waals surface area contributed by atoms with Gasteiger partial charge in [-0.05, 0) is 37.1 Å². The fourth-order valence-corrected chi connectivity index (χ4v) is 1.85. The fourth-order valence-electron chi connectivity index (χ4n) is 1.54. The van der Waals surface area contributed by atoms with E-state index in [2.05, 4.69) is 25.2 Å². The van der Waals surface area contributed by atoms with Gasteiger partial charge in [-0.3, -0.25) is 0 Å². The number of nitrogens with one attached hydrogen (secondary N) is 1. The first kappa shape index (κ1) is 14.6. The van der Waals surface area contributed by atoms with Gasteiger partial charge in [0.1, 0.15) is 0 Å². The molecule has 1 rings (SSSR count). The molecule has 1 aromatic carbocycles. The molecule has 94 valence electrons. The summed E-state index contributed by atoms with van der Waals surface area (Å²) < 4.78 is 0. The average molecular weight is 272 g/mol. The molecule has 0 spiro atoms. The molecule has 0 amide bonds. The van der Waals surface area contributed by atoms with Crippen LogP contribution >= 0.6 is 23.2 Å². The zero-order valence-electron chi connectivity index (χ0n) is 10.4. The van der Waals surface area contributed by atoms with E-state index in [1.807, 2.05) is 18.2 Å². The summed E-state index contributed by atoms with van der Waals surface area (Å²) in [5.41, 5.74) is 2.48. The molecule has 0 aliphatic carbocycles. The third-order valence-electron chi connectivity index (χ3n) is 2.55. The van der Waals surface area contributed by atoms with Gasteiger partial charge in [-0.1, -0.05) is 54.8 Å². The zero-order chi connectivity index (χ0) is 12.7. The molecule has 0 atom stereocenters. The van der Waals surface area contributed by atoms with E-state index < -0.39 is 0 Å². The second kappa shape index (κ2) is 7.75. The molecule has 3 heteroatoms. The van der Waals surface area contributed by atoms with Crippen molar-refractivity contribution in [2.45, 2.75) is 26.7 Å². The molecule has 0 saturated heterocycles. The number of benzene rings is 1. The smallest absolute Gasteiger partial charge is 0.0598 e. The quantitative estimate of drug-likeness (QED) is 0.734. The number of hydrogen-bond acceptors (Lipinski definition) is 1. The Morgan fingerprint density at radius 2 is 2.00 bits per heavy atom. The molecule has 17 heavy (non-hydrogen) atoms. The van der Waals surface area contributed by atoms with E-state index in [1.165, 1.54) is 5.57 Å². The van der Waals surface area contributed by atoms with Crippen LogP contribution in [0.1, 0.15) is 32.3 Å². The van der Waals surface area contributed by atoms with Gasteiger partial charge in [-0.15, -0.1) is 0 Å². The van der Waals surface area contributed by atoms with E-state index in [0.29, 0.717) is 10.0 Å². The van der Waals surface area contributed by atoms with E-state index in [0.717, 1.165) is 31.5 Å². The average Bonchev–Trinajstić information content (AvgIpc) is 2.32. The zero-order valence-corrected chi connectivity index (χ0v) is 11.9. The Bertz CT molecular complexity index is 386. The Kier molecular flexibility index (Phi) is 6.64. The van der Waals surface area contributed by atoms with Crippen LogP contribution < -0.4 is 5.32 Å². The Balaban J connectivity index is 2.72. The van der Waals surface area contributed by atoms with Crippen molar-refractivity contribution in [3.8, 4) is 0 Å². The molecule has 1 N–H and O–H groups in total. The highest BCUT2D eigenvalue weighted by Gasteiger charge is 1.99. The van der Waals surface area contributed by atoms with E-state index >= 15 is 0 Å². The highest BCUT2D eigenvalue weighted by molar-refractivity contribution is 6.42. The highest BCUT2D eigenvalue weighted by atomic mass is 35.5. The predicted octanol–water partition coefficient (Wildman–Crippen LogP) is 4.79. The molecule has 1 nitrogen and oxygen atoms in total. The Morgan fingerprint density at radius 3 is 2.59 bits per heavy atom. The van der Waals surface area contributed by atoms with Crippen molar-refractivity contribution in [1.82, 2.24) is 5.32 Å². The standard InChI is InChI=1S/C14H19Cl2N/c1-3-7-17-10-11(4-2)8-12-5-6-13(15)14(16)9-12/h5-6,8-9,17H,3-4,7,10H2,1-2H3. The summed E-state index contributed by atoms with van der Waals surface area (Å²) in [6.07, 6.45) is 4.37. The van der Waals surface area contributed by atoms with Gasteiger partial charge in [0, 0.05) is 6.54 Å². The van der Waals surface area contributed by atoms with Crippen LogP contribution in [0.5, 0.6) is 0 Å². The molecule has 0 heterocycles. The van der Waals surface area contributed by atoms with Gasteiger partial charge in [0.05, 0.1) is 10.0 Å². The van der Waals surface area contributed by atoms with Crippen molar-refractivity contribution in [3.05, 3.63) is 39.4 Å².